The Hall–Kier alpha value is -0.500. The van der Waals surface area contributed by atoms with Crippen LogP contribution in [0.3, 0.4) is 0 Å². The number of aliphatic hydroxyl groups excluding tert-OH is 3. The summed E-state index contributed by atoms with van der Waals surface area (Å²) in [6.07, 6.45) is -0.537. The lowest BCUT2D eigenvalue weighted by molar-refractivity contribution is -0.160. The molecular formula is C12H21NO5. The summed E-state index contributed by atoms with van der Waals surface area (Å²) in [5, 5.41) is 28.4. The van der Waals surface area contributed by atoms with E-state index in [0.717, 1.165) is 0 Å². The van der Waals surface area contributed by atoms with Gasteiger partial charge in [0.25, 0.3) is 0 Å². The normalized spacial score (nSPS) is 43.2. The van der Waals surface area contributed by atoms with Gasteiger partial charge in [-0.2, -0.15) is 0 Å². The van der Waals surface area contributed by atoms with E-state index in [9.17, 15) is 10.2 Å². The maximum atomic E-state index is 9.95. The van der Waals surface area contributed by atoms with Crippen LogP contribution < -0.4 is 5.73 Å². The Labute approximate surface area is 106 Å². The van der Waals surface area contributed by atoms with E-state index in [0.29, 0.717) is 12.8 Å². The van der Waals surface area contributed by atoms with Crippen molar-refractivity contribution in [1.29, 1.82) is 0 Å². The third-order valence-electron chi connectivity index (χ3n) is 3.68. The molecule has 0 aromatic carbocycles. The Morgan fingerprint density at radius 2 is 2.00 bits per heavy atom. The van der Waals surface area contributed by atoms with Crippen LogP contribution in [0.15, 0.2) is 12.7 Å². The van der Waals surface area contributed by atoms with Crippen molar-refractivity contribution in [3.05, 3.63) is 12.7 Å². The first-order valence-corrected chi connectivity index (χ1v) is 6.22. The van der Waals surface area contributed by atoms with Crippen LogP contribution in [0.1, 0.15) is 12.8 Å². The zero-order chi connectivity index (χ0) is 13.3. The van der Waals surface area contributed by atoms with Gasteiger partial charge in [0.05, 0.1) is 37.1 Å². The van der Waals surface area contributed by atoms with E-state index in [1.165, 1.54) is 0 Å². The molecule has 0 bridgehead atoms. The molecule has 2 aliphatic rings. The highest BCUT2D eigenvalue weighted by Gasteiger charge is 2.46. The fourth-order valence-electron chi connectivity index (χ4n) is 2.61. The highest BCUT2D eigenvalue weighted by atomic mass is 16.6. The second-order valence-corrected chi connectivity index (χ2v) is 4.95. The number of ether oxygens (including phenoxy) is 2. The minimum Gasteiger partial charge on any atom is -0.394 e. The maximum Gasteiger partial charge on any atom is 0.103 e. The van der Waals surface area contributed by atoms with Crippen LogP contribution in [0.5, 0.6) is 0 Å². The van der Waals surface area contributed by atoms with Crippen molar-refractivity contribution in [1.82, 2.24) is 0 Å². The summed E-state index contributed by atoms with van der Waals surface area (Å²) in [6, 6.07) is -0.428. The number of rotatable bonds is 4. The zero-order valence-electron chi connectivity index (χ0n) is 10.2. The minimum absolute atomic E-state index is 0.199. The lowest BCUT2D eigenvalue weighted by atomic mass is 9.93. The molecular weight excluding hydrogens is 238 g/mol. The van der Waals surface area contributed by atoms with E-state index in [-0.39, 0.29) is 18.8 Å². The first-order chi connectivity index (χ1) is 8.56. The van der Waals surface area contributed by atoms with Crippen LogP contribution in [0, 0.1) is 0 Å². The van der Waals surface area contributed by atoms with Crippen molar-refractivity contribution in [2.45, 2.75) is 55.5 Å². The van der Waals surface area contributed by atoms with Crippen molar-refractivity contribution in [3.63, 3.8) is 0 Å². The number of aliphatic hydroxyl groups is 3. The van der Waals surface area contributed by atoms with Crippen molar-refractivity contribution < 1.29 is 24.8 Å². The summed E-state index contributed by atoms with van der Waals surface area (Å²) in [5.74, 6) is 0. The van der Waals surface area contributed by atoms with E-state index in [1.807, 2.05) is 0 Å². The van der Waals surface area contributed by atoms with Gasteiger partial charge < -0.3 is 30.5 Å². The Bertz CT molecular complexity index is 300. The molecule has 2 fully saturated rings. The van der Waals surface area contributed by atoms with Crippen LogP contribution in [0.25, 0.3) is 0 Å². The van der Waals surface area contributed by atoms with Gasteiger partial charge in [-0.1, -0.05) is 6.08 Å². The highest BCUT2D eigenvalue weighted by Crippen LogP contribution is 2.34. The van der Waals surface area contributed by atoms with Crippen molar-refractivity contribution >= 4 is 0 Å². The van der Waals surface area contributed by atoms with E-state index in [4.69, 9.17) is 20.3 Å². The molecule has 2 rings (SSSR count). The molecule has 104 valence electrons. The fraction of sp³-hybridized carbons (Fsp3) is 0.833. The molecule has 0 amide bonds. The summed E-state index contributed by atoms with van der Waals surface area (Å²) in [4.78, 5) is 0. The molecule has 0 aromatic rings. The Kier molecular flexibility index (Phi) is 4.37. The monoisotopic (exact) mass is 259 g/mol. The fourth-order valence-corrected chi connectivity index (χ4v) is 2.61. The lowest BCUT2D eigenvalue weighted by Gasteiger charge is -2.37. The van der Waals surface area contributed by atoms with E-state index in [2.05, 4.69) is 6.58 Å². The SMILES string of the molecule is C=C[C@H](N)[C@@H]1O[C@@H]2C[C@@H]([C@@H](O)CO)O[C@@H]2C[C@@H]1O. The molecule has 6 nitrogen and oxygen atoms in total. The summed E-state index contributed by atoms with van der Waals surface area (Å²) < 4.78 is 11.3. The second kappa shape index (κ2) is 5.64. The molecule has 18 heavy (non-hydrogen) atoms. The van der Waals surface area contributed by atoms with Crippen LogP contribution >= 0.6 is 0 Å². The van der Waals surface area contributed by atoms with Crippen molar-refractivity contribution in [2.75, 3.05) is 6.61 Å². The van der Waals surface area contributed by atoms with Gasteiger partial charge in [0, 0.05) is 12.8 Å². The molecule has 0 aromatic heterocycles. The third-order valence-corrected chi connectivity index (χ3v) is 3.68. The number of nitrogens with two attached hydrogens (primary N) is 1. The van der Waals surface area contributed by atoms with Gasteiger partial charge in [-0.3, -0.25) is 0 Å². The van der Waals surface area contributed by atoms with Gasteiger partial charge >= 0.3 is 0 Å². The molecule has 5 N–H and O–H groups in total. The van der Waals surface area contributed by atoms with Crippen LogP contribution in [-0.4, -0.2) is 64.6 Å². The molecule has 2 heterocycles. The predicted octanol–water partition coefficient (Wildman–Crippen LogP) is -1.47. The largest absolute Gasteiger partial charge is 0.394 e. The molecule has 0 unspecified atom stereocenters. The van der Waals surface area contributed by atoms with E-state index in [1.54, 1.807) is 6.08 Å². The summed E-state index contributed by atoms with van der Waals surface area (Å²) in [7, 11) is 0. The first-order valence-electron chi connectivity index (χ1n) is 6.22. The topological polar surface area (TPSA) is 105 Å². The Balaban J connectivity index is 1.99. The maximum absolute atomic E-state index is 9.95. The number of hydrogen-bond acceptors (Lipinski definition) is 6. The predicted molar refractivity (Wildman–Crippen MR) is 63.8 cm³/mol. The van der Waals surface area contributed by atoms with Crippen LogP contribution in [0.2, 0.25) is 0 Å². The van der Waals surface area contributed by atoms with E-state index < -0.39 is 30.5 Å². The molecule has 0 spiro atoms. The van der Waals surface area contributed by atoms with Gasteiger partial charge in [-0.05, 0) is 0 Å². The van der Waals surface area contributed by atoms with Crippen molar-refractivity contribution in [3.8, 4) is 0 Å². The van der Waals surface area contributed by atoms with Gasteiger partial charge in [-0.15, -0.1) is 6.58 Å². The van der Waals surface area contributed by atoms with Gasteiger partial charge in [0.2, 0.25) is 0 Å². The van der Waals surface area contributed by atoms with Crippen LogP contribution in [-0.2, 0) is 9.47 Å². The van der Waals surface area contributed by atoms with Crippen LogP contribution in [0.4, 0.5) is 0 Å². The smallest absolute Gasteiger partial charge is 0.103 e. The first kappa shape index (κ1) is 13.9. The lowest BCUT2D eigenvalue weighted by Crippen LogP contribution is -2.52. The summed E-state index contributed by atoms with van der Waals surface area (Å²) in [6.45, 7) is 3.25. The van der Waals surface area contributed by atoms with Gasteiger partial charge in [0.1, 0.15) is 12.2 Å². The zero-order valence-corrected chi connectivity index (χ0v) is 10.2. The number of hydrogen-bond donors (Lipinski definition) is 4. The average Bonchev–Trinajstić information content (AvgIpc) is 2.78. The molecule has 2 saturated heterocycles. The Morgan fingerprint density at radius 3 is 2.61 bits per heavy atom. The standard InChI is InChI=1S/C12H21NO5/c1-2-6(13)12-7(15)3-10-11(18-12)4-9(17-10)8(16)5-14/h2,6-12,14-16H,1,3-5,13H2/t6-,7-,8-,9-,10+,11+,12-/m0/s1. The van der Waals surface area contributed by atoms with E-state index >= 15 is 0 Å². The Morgan fingerprint density at radius 1 is 1.33 bits per heavy atom. The second-order valence-electron chi connectivity index (χ2n) is 4.95. The molecule has 7 atom stereocenters. The molecule has 0 aliphatic carbocycles. The number of fused-ring (bicyclic) bond motifs is 1. The molecule has 0 saturated carbocycles. The molecule has 6 heteroatoms. The average molecular weight is 259 g/mol. The van der Waals surface area contributed by atoms with Gasteiger partial charge in [-0.25, -0.2) is 0 Å². The third kappa shape index (κ3) is 2.59. The van der Waals surface area contributed by atoms with Gasteiger partial charge in [0.15, 0.2) is 0 Å². The highest BCUT2D eigenvalue weighted by molar-refractivity contribution is 5.00. The molecule has 0 radical (unpaired) electrons. The summed E-state index contributed by atoms with van der Waals surface area (Å²) in [5.41, 5.74) is 5.81. The van der Waals surface area contributed by atoms with Crippen molar-refractivity contribution in [2.24, 2.45) is 5.73 Å². The minimum atomic E-state index is -0.914. The quantitative estimate of drug-likeness (QED) is 0.459. The molecule has 2 aliphatic heterocycles. The summed E-state index contributed by atoms with van der Waals surface area (Å²) >= 11 is 0.